The van der Waals surface area contributed by atoms with Crippen molar-refractivity contribution in [3.63, 3.8) is 0 Å². The van der Waals surface area contributed by atoms with Gasteiger partial charge < -0.3 is 13.9 Å². The molecular formula is C27H19NO5. The van der Waals surface area contributed by atoms with E-state index in [9.17, 15) is 9.59 Å². The number of furan rings is 1. The minimum Gasteiger partial charge on any atom is -0.454 e. The van der Waals surface area contributed by atoms with Crippen molar-refractivity contribution in [1.82, 2.24) is 4.98 Å². The van der Waals surface area contributed by atoms with Crippen molar-refractivity contribution < 1.29 is 23.5 Å². The smallest absolute Gasteiger partial charge is 0.335 e. The molecule has 0 bridgehead atoms. The first-order valence-corrected chi connectivity index (χ1v) is 10.0. The van der Waals surface area contributed by atoms with Crippen molar-refractivity contribution >= 4 is 11.9 Å². The lowest BCUT2D eigenvalue weighted by Crippen LogP contribution is -2.02. The number of ether oxygens (including phenoxy) is 2. The van der Waals surface area contributed by atoms with E-state index in [0.29, 0.717) is 28.7 Å². The van der Waals surface area contributed by atoms with E-state index < -0.39 is 11.9 Å². The molecule has 0 aliphatic carbocycles. The van der Waals surface area contributed by atoms with E-state index in [4.69, 9.17) is 13.9 Å². The van der Waals surface area contributed by atoms with Crippen LogP contribution in [0.5, 0.6) is 11.5 Å². The average Bonchev–Trinajstić information content (AvgIpc) is 3.35. The maximum Gasteiger partial charge on any atom is 0.335 e. The lowest BCUT2D eigenvalue weighted by atomic mass is 10.1. The summed E-state index contributed by atoms with van der Waals surface area (Å²) in [7, 11) is 0. The van der Waals surface area contributed by atoms with Gasteiger partial charge in [0.2, 0.25) is 0 Å². The second-order valence-corrected chi connectivity index (χ2v) is 6.90. The number of esters is 2. The van der Waals surface area contributed by atoms with Gasteiger partial charge >= 0.3 is 11.9 Å². The van der Waals surface area contributed by atoms with Gasteiger partial charge in [0, 0.05) is 29.5 Å². The van der Waals surface area contributed by atoms with Crippen molar-refractivity contribution in [2.75, 3.05) is 0 Å². The number of carbonyl (C=O) groups is 2. The first-order chi connectivity index (χ1) is 16.1. The summed E-state index contributed by atoms with van der Waals surface area (Å²) < 4.78 is 16.1. The third kappa shape index (κ3) is 5.14. The lowest BCUT2D eigenvalue weighted by molar-refractivity contribution is -0.129. The largest absolute Gasteiger partial charge is 0.454 e. The minimum absolute atomic E-state index is 0.430. The highest BCUT2D eigenvalue weighted by atomic mass is 16.5. The van der Waals surface area contributed by atoms with Gasteiger partial charge in [-0.2, -0.15) is 0 Å². The Hall–Kier alpha value is -4.71. The van der Waals surface area contributed by atoms with Crippen molar-refractivity contribution in [1.29, 1.82) is 0 Å². The molecule has 0 atom stereocenters. The molecule has 2 heterocycles. The highest BCUT2D eigenvalue weighted by Gasteiger charge is 2.10. The molecule has 0 amide bonds. The van der Waals surface area contributed by atoms with Gasteiger partial charge in [0.25, 0.3) is 0 Å². The van der Waals surface area contributed by atoms with Crippen LogP contribution in [0.3, 0.4) is 0 Å². The third-order valence-corrected chi connectivity index (χ3v) is 4.72. The van der Waals surface area contributed by atoms with Gasteiger partial charge in [-0.15, -0.1) is 0 Å². The van der Waals surface area contributed by atoms with Crippen LogP contribution < -0.4 is 9.47 Å². The van der Waals surface area contributed by atoms with E-state index in [2.05, 4.69) is 18.1 Å². The highest BCUT2D eigenvalue weighted by Crippen LogP contribution is 2.30. The molecule has 0 fully saturated rings. The molecule has 0 unspecified atom stereocenters. The second kappa shape index (κ2) is 9.62. The number of hydrogen-bond acceptors (Lipinski definition) is 6. The topological polar surface area (TPSA) is 78.6 Å². The predicted octanol–water partition coefficient (Wildman–Crippen LogP) is 5.86. The molecule has 162 valence electrons. The lowest BCUT2D eigenvalue weighted by Gasteiger charge is -2.05. The number of rotatable bonds is 7. The van der Waals surface area contributed by atoms with E-state index in [1.54, 1.807) is 42.6 Å². The summed E-state index contributed by atoms with van der Waals surface area (Å²) >= 11 is 0. The van der Waals surface area contributed by atoms with Gasteiger partial charge in [-0.1, -0.05) is 31.4 Å². The number of carbonyl (C=O) groups excluding carboxylic acids is 2. The van der Waals surface area contributed by atoms with Gasteiger partial charge in [0.05, 0.1) is 0 Å². The molecule has 0 saturated heterocycles. The van der Waals surface area contributed by atoms with Gasteiger partial charge in [-0.05, 0) is 60.2 Å². The first kappa shape index (κ1) is 21.5. The Morgan fingerprint density at radius 2 is 1.18 bits per heavy atom. The molecule has 0 aliphatic rings. The third-order valence-electron chi connectivity index (χ3n) is 4.72. The molecule has 0 radical (unpaired) electrons. The Morgan fingerprint density at radius 1 is 0.667 bits per heavy atom. The van der Waals surface area contributed by atoms with Gasteiger partial charge in [0.15, 0.2) is 5.76 Å². The molecule has 6 heteroatoms. The monoisotopic (exact) mass is 437 g/mol. The Kier molecular flexibility index (Phi) is 6.27. The number of nitrogens with zero attached hydrogens (tertiary/aromatic N) is 1. The van der Waals surface area contributed by atoms with E-state index >= 15 is 0 Å². The van der Waals surface area contributed by atoms with Crippen LogP contribution >= 0.6 is 0 Å². The predicted molar refractivity (Wildman–Crippen MR) is 124 cm³/mol. The standard InChI is InChI=1S/C27H19NO5/c1-3-26(29)31-21-10-5-18(6-11-21)20-9-14-23(28-17-20)25-16-15-24(33-25)19-7-12-22(13-8-19)32-27(30)4-2/h3-17H,1-2H2. The van der Waals surface area contributed by atoms with Crippen LogP contribution in [-0.2, 0) is 9.59 Å². The van der Waals surface area contributed by atoms with E-state index in [1.165, 1.54) is 0 Å². The zero-order valence-electron chi connectivity index (χ0n) is 17.6. The first-order valence-electron chi connectivity index (χ1n) is 10.0. The average molecular weight is 437 g/mol. The summed E-state index contributed by atoms with van der Waals surface area (Å²) in [6.07, 6.45) is 3.98. The summed E-state index contributed by atoms with van der Waals surface area (Å²) in [4.78, 5) is 27.1. The molecule has 0 N–H and O–H groups in total. The van der Waals surface area contributed by atoms with E-state index in [-0.39, 0.29) is 0 Å². The summed E-state index contributed by atoms with van der Waals surface area (Å²) in [6, 6.07) is 21.7. The maximum absolute atomic E-state index is 11.3. The van der Waals surface area contributed by atoms with E-state index in [1.807, 2.05) is 36.4 Å². The van der Waals surface area contributed by atoms with E-state index in [0.717, 1.165) is 28.8 Å². The SMILES string of the molecule is C=CC(=O)Oc1ccc(-c2ccc(-c3ccc(-c4ccc(OC(=O)C=C)cc4)o3)nc2)cc1. The normalized spacial score (nSPS) is 10.3. The molecule has 4 aromatic rings. The van der Waals surface area contributed by atoms with Crippen LogP contribution in [0.4, 0.5) is 0 Å². The van der Waals surface area contributed by atoms with Crippen molar-refractivity contribution in [2.45, 2.75) is 0 Å². The molecule has 2 aromatic heterocycles. The molecule has 0 saturated carbocycles. The zero-order chi connectivity index (χ0) is 23.2. The fraction of sp³-hybridized carbons (Fsp3) is 0. The minimum atomic E-state index is -0.510. The molecule has 6 nitrogen and oxygen atoms in total. The van der Waals surface area contributed by atoms with Gasteiger partial charge in [0.1, 0.15) is 23.0 Å². The highest BCUT2D eigenvalue weighted by molar-refractivity contribution is 5.84. The number of aromatic nitrogens is 1. The molecule has 2 aromatic carbocycles. The Balaban J connectivity index is 1.47. The summed E-state index contributed by atoms with van der Waals surface area (Å²) in [5.74, 6) is 1.17. The number of benzene rings is 2. The van der Waals surface area contributed by atoms with Gasteiger partial charge in [-0.25, -0.2) is 9.59 Å². The maximum atomic E-state index is 11.3. The fourth-order valence-electron chi connectivity index (χ4n) is 3.06. The van der Waals surface area contributed by atoms with Crippen LogP contribution in [0.15, 0.2) is 109 Å². The van der Waals surface area contributed by atoms with Crippen LogP contribution in [0.25, 0.3) is 33.9 Å². The number of pyridine rings is 1. The number of hydrogen-bond donors (Lipinski definition) is 0. The van der Waals surface area contributed by atoms with Crippen molar-refractivity contribution in [3.8, 4) is 45.4 Å². The summed E-state index contributed by atoms with van der Waals surface area (Å²) in [5, 5.41) is 0. The quantitative estimate of drug-likeness (QED) is 0.205. The molecule has 33 heavy (non-hydrogen) atoms. The Bertz CT molecular complexity index is 1300. The molecule has 4 rings (SSSR count). The zero-order valence-corrected chi connectivity index (χ0v) is 17.6. The van der Waals surface area contributed by atoms with Crippen LogP contribution in [0.2, 0.25) is 0 Å². The van der Waals surface area contributed by atoms with Crippen molar-refractivity contribution in [2.24, 2.45) is 0 Å². The van der Waals surface area contributed by atoms with Crippen LogP contribution in [0.1, 0.15) is 0 Å². The van der Waals surface area contributed by atoms with Crippen LogP contribution in [0, 0.1) is 0 Å². The Morgan fingerprint density at radius 3 is 1.70 bits per heavy atom. The molecular weight excluding hydrogens is 418 g/mol. The van der Waals surface area contributed by atoms with Crippen LogP contribution in [-0.4, -0.2) is 16.9 Å². The molecule has 0 spiro atoms. The summed E-state index contributed by atoms with van der Waals surface area (Å²) in [6.45, 7) is 6.76. The summed E-state index contributed by atoms with van der Waals surface area (Å²) in [5.41, 5.74) is 3.38. The fourth-order valence-corrected chi connectivity index (χ4v) is 3.06. The second-order valence-electron chi connectivity index (χ2n) is 6.90. The van der Waals surface area contributed by atoms with Gasteiger partial charge in [-0.3, -0.25) is 4.98 Å². The Labute approximate surface area is 190 Å². The molecule has 0 aliphatic heterocycles. The van der Waals surface area contributed by atoms with Crippen molar-refractivity contribution in [3.05, 3.63) is 104 Å².